The summed E-state index contributed by atoms with van der Waals surface area (Å²) in [7, 11) is 0. The Hall–Kier alpha value is -6.88. The summed E-state index contributed by atoms with van der Waals surface area (Å²) in [6.45, 7) is 7.49. The molecule has 8 aromatic carbocycles. The van der Waals surface area contributed by atoms with E-state index in [9.17, 15) is 5.26 Å². The van der Waals surface area contributed by atoms with Crippen LogP contribution in [0.2, 0.25) is 0 Å². The van der Waals surface area contributed by atoms with Crippen molar-refractivity contribution >= 4 is 76.9 Å². The lowest BCUT2D eigenvalue weighted by atomic mass is 9.93. The van der Waals surface area contributed by atoms with Gasteiger partial charge in [0.1, 0.15) is 0 Å². The second-order valence-corrected chi connectivity index (χ2v) is 12.0. The van der Waals surface area contributed by atoms with Gasteiger partial charge in [-0.15, -0.1) is 0 Å². The van der Waals surface area contributed by atoms with Gasteiger partial charge < -0.3 is 9.47 Å². The van der Waals surface area contributed by atoms with Gasteiger partial charge >= 0.3 is 0 Å². The number of rotatable bonds is 4. The van der Waals surface area contributed by atoms with Crippen LogP contribution in [0, 0.1) is 17.9 Å². The topological polar surface area (TPSA) is 36.3 Å². The van der Waals surface area contributed by atoms with Crippen LogP contribution in [0.1, 0.15) is 5.56 Å². The molecule has 0 aliphatic carbocycles. The van der Waals surface area contributed by atoms with Crippen LogP contribution in [-0.2, 0) is 0 Å². The third-order valence-corrected chi connectivity index (χ3v) is 9.37. The van der Waals surface area contributed by atoms with Gasteiger partial charge in [-0.1, -0.05) is 91.0 Å². The SMILES string of the molecule is [C-]#[N+]c1ccc(N(c2ccc(C#N)cc2)c2ccc3c(c2)c2c4ccccc4c4ccc5ccccc5c4c2n3-c2ccccc2)cc1. The Labute approximate surface area is 277 Å². The fourth-order valence-electron chi connectivity index (χ4n) is 7.27. The molecule has 0 bridgehead atoms. The van der Waals surface area contributed by atoms with Crippen molar-refractivity contribution in [2.75, 3.05) is 4.90 Å². The lowest BCUT2D eigenvalue weighted by Gasteiger charge is -2.26. The lowest BCUT2D eigenvalue weighted by molar-refractivity contribution is 1.19. The molecule has 0 atom stereocenters. The van der Waals surface area contributed by atoms with Gasteiger partial charge in [0.05, 0.1) is 29.2 Å². The number of nitriles is 1. The van der Waals surface area contributed by atoms with E-state index in [1.54, 1.807) is 0 Å². The molecule has 9 rings (SSSR count). The normalized spacial score (nSPS) is 11.3. The maximum absolute atomic E-state index is 9.51. The lowest BCUT2D eigenvalue weighted by Crippen LogP contribution is -2.09. The van der Waals surface area contributed by atoms with Crippen molar-refractivity contribution in [3.05, 3.63) is 175 Å². The first-order valence-electron chi connectivity index (χ1n) is 15.9. The zero-order chi connectivity index (χ0) is 32.2. The molecule has 0 aliphatic rings. The largest absolute Gasteiger partial charge is 0.311 e. The monoisotopic (exact) mass is 610 g/mol. The Bertz CT molecular complexity index is 2720. The molecular weight excluding hydrogens is 585 g/mol. The Morgan fingerprint density at radius 2 is 1.15 bits per heavy atom. The van der Waals surface area contributed by atoms with E-state index in [4.69, 9.17) is 6.57 Å². The van der Waals surface area contributed by atoms with E-state index >= 15 is 0 Å². The molecule has 1 heterocycles. The smallest absolute Gasteiger partial charge is 0.187 e. The van der Waals surface area contributed by atoms with Crippen molar-refractivity contribution in [3.8, 4) is 11.8 Å². The molecular formula is C44H26N4. The minimum Gasteiger partial charge on any atom is -0.311 e. The van der Waals surface area contributed by atoms with Crippen LogP contribution >= 0.6 is 0 Å². The number of hydrogen-bond acceptors (Lipinski definition) is 2. The van der Waals surface area contributed by atoms with E-state index in [0.717, 1.165) is 33.7 Å². The first-order valence-corrected chi connectivity index (χ1v) is 15.9. The molecule has 4 heteroatoms. The summed E-state index contributed by atoms with van der Waals surface area (Å²) in [4.78, 5) is 5.81. The van der Waals surface area contributed by atoms with E-state index in [2.05, 4.69) is 130 Å². The van der Waals surface area contributed by atoms with Gasteiger partial charge in [-0.05, 0) is 93.7 Å². The van der Waals surface area contributed by atoms with Gasteiger partial charge in [-0.3, -0.25) is 0 Å². The Kier molecular flexibility index (Phi) is 6.22. The standard InChI is InChI=1S/C44H26N4/c1-46-31-18-22-34(23-19-31)47(33-20-15-29(28-45)16-21-33)35-24-26-41-40(27-35)43-38-14-8-7-13-37(38)39-25-17-30-9-5-6-12-36(30)42(39)44(43)48(41)32-10-3-2-4-11-32/h2-27H. The number of anilines is 3. The van der Waals surface area contributed by atoms with Crippen molar-refractivity contribution < 1.29 is 0 Å². The second kappa shape index (κ2) is 10.9. The maximum atomic E-state index is 9.51. The third-order valence-electron chi connectivity index (χ3n) is 9.37. The van der Waals surface area contributed by atoms with Gasteiger partial charge in [-0.25, -0.2) is 4.85 Å². The Morgan fingerprint density at radius 3 is 1.88 bits per heavy atom. The van der Waals surface area contributed by atoms with Crippen molar-refractivity contribution in [2.24, 2.45) is 0 Å². The fourth-order valence-corrected chi connectivity index (χ4v) is 7.27. The highest BCUT2D eigenvalue weighted by Gasteiger charge is 2.22. The van der Waals surface area contributed by atoms with Crippen molar-refractivity contribution in [2.45, 2.75) is 0 Å². The van der Waals surface area contributed by atoms with Crippen LogP contribution in [-0.4, -0.2) is 4.57 Å². The summed E-state index contributed by atoms with van der Waals surface area (Å²) in [6, 6.07) is 56.8. The molecule has 0 fully saturated rings. The predicted octanol–water partition coefficient (Wildman–Crippen LogP) is 12.1. The van der Waals surface area contributed by atoms with Gasteiger partial charge in [0.25, 0.3) is 0 Å². The summed E-state index contributed by atoms with van der Waals surface area (Å²) in [5, 5.41) is 19.2. The fraction of sp³-hybridized carbons (Fsp3) is 0. The molecule has 0 amide bonds. The second-order valence-electron chi connectivity index (χ2n) is 12.0. The van der Waals surface area contributed by atoms with E-state index < -0.39 is 0 Å². The summed E-state index contributed by atoms with van der Waals surface area (Å²) >= 11 is 0. The zero-order valence-corrected chi connectivity index (χ0v) is 25.8. The highest BCUT2D eigenvalue weighted by molar-refractivity contribution is 6.36. The number of fused-ring (bicyclic) bond motifs is 10. The van der Waals surface area contributed by atoms with Gasteiger partial charge in [0, 0.05) is 38.9 Å². The first kappa shape index (κ1) is 27.4. The van der Waals surface area contributed by atoms with Crippen molar-refractivity contribution in [3.63, 3.8) is 0 Å². The highest BCUT2D eigenvalue weighted by atomic mass is 15.1. The minimum atomic E-state index is 0.588. The molecule has 9 aromatic rings. The van der Waals surface area contributed by atoms with Gasteiger partial charge in [0.2, 0.25) is 0 Å². The van der Waals surface area contributed by atoms with E-state index in [1.165, 1.54) is 43.2 Å². The molecule has 0 radical (unpaired) electrons. The number of para-hydroxylation sites is 1. The number of benzene rings is 8. The quantitative estimate of drug-likeness (QED) is 0.147. The highest BCUT2D eigenvalue weighted by Crippen LogP contribution is 2.46. The van der Waals surface area contributed by atoms with Crippen LogP contribution < -0.4 is 4.90 Å². The van der Waals surface area contributed by atoms with Crippen LogP contribution in [0.4, 0.5) is 22.7 Å². The summed E-state index contributed by atoms with van der Waals surface area (Å²) < 4.78 is 2.42. The number of nitrogens with zero attached hydrogens (tertiary/aromatic N) is 4. The van der Waals surface area contributed by atoms with Gasteiger partial charge in [0.15, 0.2) is 5.69 Å². The van der Waals surface area contributed by atoms with E-state index in [1.807, 2.05) is 48.5 Å². The van der Waals surface area contributed by atoms with Crippen LogP contribution in [0.15, 0.2) is 158 Å². The predicted molar refractivity (Wildman–Crippen MR) is 199 cm³/mol. The molecule has 0 spiro atoms. The molecule has 222 valence electrons. The molecule has 0 aliphatic heterocycles. The molecule has 4 nitrogen and oxygen atoms in total. The minimum absolute atomic E-state index is 0.588. The zero-order valence-electron chi connectivity index (χ0n) is 25.8. The summed E-state index contributed by atoms with van der Waals surface area (Å²) in [6.07, 6.45) is 0. The Morgan fingerprint density at radius 1 is 0.542 bits per heavy atom. The van der Waals surface area contributed by atoms with Gasteiger partial charge in [-0.2, -0.15) is 5.26 Å². The van der Waals surface area contributed by atoms with Crippen LogP contribution in [0.25, 0.3) is 64.7 Å². The summed E-state index contributed by atoms with van der Waals surface area (Å²) in [5.41, 5.74) is 7.44. The first-order chi connectivity index (χ1) is 23.7. The third kappa shape index (κ3) is 4.14. The van der Waals surface area contributed by atoms with Crippen molar-refractivity contribution in [1.29, 1.82) is 5.26 Å². The molecule has 48 heavy (non-hydrogen) atoms. The average molecular weight is 611 g/mol. The molecule has 0 N–H and O–H groups in total. The van der Waals surface area contributed by atoms with Crippen molar-refractivity contribution in [1.82, 2.24) is 4.57 Å². The molecule has 0 saturated heterocycles. The molecule has 1 aromatic heterocycles. The van der Waals surface area contributed by atoms with Crippen LogP contribution in [0.5, 0.6) is 0 Å². The van der Waals surface area contributed by atoms with E-state index in [0.29, 0.717) is 11.3 Å². The molecule has 0 saturated carbocycles. The number of hydrogen-bond donors (Lipinski definition) is 0. The maximum Gasteiger partial charge on any atom is 0.187 e. The summed E-state index contributed by atoms with van der Waals surface area (Å²) in [5.74, 6) is 0. The molecule has 0 unspecified atom stereocenters. The van der Waals surface area contributed by atoms with Crippen LogP contribution in [0.3, 0.4) is 0 Å². The number of aromatic nitrogens is 1. The Balaban J connectivity index is 1.45. The van der Waals surface area contributed by atoms with E-state index in [-0.39, 0.29) is 0 Å². The average Bonchev–Trinajstić information content (AvgIpc) is 3.50.